The molecule has 0 aliphatic rings. The van der Waals surface area contributed by atoms with Crippen LogP contribution in [0.4, 0.5) is 0 Å². The summed E-state index contributed by atoms with van der Waals surface area (Å²) >= 11 is 0. The van der Waals surface area contributed by atoms with Crippen molar-refractivity contribution in [1.29, 1.82) is 0 Å². The minimum absolute atomic E-state index is 0. The number of nitrogens with zero attached hydrogens (tertiary/aromatic N) is 1. The predicted molar refractivity (Wildman–Crippen MR) is 113 cm³/mol. The summed E-state index contributed by atoms with van der Waals surface area (Å²) in [5.74, 6) is -0.808. The van der Waals surface area contributed by atoms with E-state index in [9.17, 15) is 9.90 Å². The topological polar surface area (TPSA) is 56.3 Å². The Morgan fingerprint density at radius 2 is 1.72 bits per heavy atom. The van der Waals surface area contributed by atoms with Crippen molar-refractivity contribution >= 4 is 27.8 Å². The number of aromatic nitrogens is 1. The van der Waals surface area contributed by atoms with Gasteiger partial charge in [0.2, 0.25) is 0 Å². The Morgan fingerprint density at radius 3 is 2.20 bits per heavy atom. The molecule has 2 rings (SSSR count). The van der Waals surface area contributed by atoms with Gasteiger partial charge in [0.25, 0.3) is 0 Å². The minimum Gasteiger partial charge on any atom is -0.480 e. The first-order valence-corrected chi connectivity index (χ1v) is 8.82. The van der Waals surface area contributed by atoms with E-state index in [0.717, 1.165) is 16.5 Å². The molecular weight excluding hydrogens is 328 g/mol. The first-order chi connectivity index (χ1) is 11.4. The van der Waals surface area contributed by atoms with Crippen molar-refractivity contribution in [3.8, 4) is 0 Å². The second-order valence-electron chi connectivity index (χ2n) is 6.72. The molecule has 0 saturated carbocycles. The van der Waals surface area contributed by atoms with Crippen LogP contribution in [0.5, 0.6) is 0 Å². The lowest BCUT2D eigenvalue weighted by Gasteiger charge is -2.31. The van der Waals surface area contributed by atoms with Gasteiger partial charge >= 0.3 is 5.97 Å². The Hall–Kier alpha value is -1.59. The highest BCUT2D eigenvalue weighted by molar-refractivity contribution is 5.85. The molecular formula is C20H36N2O2Si. The van der Waals surface area contributed by atoms with Gasteiger partial charge in [-0.1, -0.05) is 57.7 Å². The SMILES string of the molecule is CCCCCC.CN(C)C(C)(Cc1c[nH]c2ccccc12)C(=O)O.[SiH4]. The molecule has 0 bridgehead atoms. The van der Waals surface area contributed by atoms with Crippen LogP contribution in [0.15, 0.2) is 30.5 Å². The lowest BCUT2D eigenvalue weighted by Crippen LogP contribution is -2.50. The molecule has 0 fully saturated rings. The molecule has 0 amide bonds. The zero-order valence-electron chi connectivity index (χ0n) is 15.7. The number of nitrogens with one attached hydrogen (secondary N) is 1. The quantitative estimate of drug-likeness (QED) is 0.586. The van der Waals surface area contributed by atoms with Gasteiger partial charge in [0, 0.05) is 23.5 Å². The number of hydrogen-bond donors (Lipinski definition) is 2. The van der Waals surface area contributed by atoms with Crippen LogP contribution in [-0.2, 0) is 11.2 Å². The summed E-state index contributed by atoms with van der Waals surface area (Å²) in [7, 11) is 3.59. The number of hydrogen-bond acceptors (Lipinski definition) is 2. The number of aromatic amines is 1. The number of carbonyl (C=O) groups is 1. The number of aliphatic carboxylic acids is 1. The number of H-pyrrole nitrogens is 1. The highest BCUT2D eigenvalue weighted by atomic mass is 28.1. The van der Waals surface area contributed by atoms with Gasteiger partial charge in [-0.2, -0.15) is 0 Å². The van der Waals surface area contributed by atoms with E-state index in [1.165, 1.54) is 25.7 Å². The Morgan fingerprint density at radius 1 is 1.16 bits per heavy atom. The van der Waals surface area contributed by atoms with Crippen molar-refractivity contribution in [2.45, 2.75) is 58.4 Å². The van der Waals surface area contributed by atoms with Crippen molar-refractivity contribution in [3.63, 3.8) is 0 Å². The Labute approximate surface area is 156 Å². The van der Waals surface area contributed by atoms with Gasteiger partial charge < -0.3 is 10.1 Å². The smallest absolute Gasteiger partial charge is 0.324 e. The van der Waals surface area contributed by atoms with E-state index in [4.69, 9.17) is 0 Å². The predicted octanol–water partition coefficient (Wildman–Crippen LogP) is 3.25. The molecule has 1 atom stereocenters. The highest BCUT2D eigenvalue weighted by Crippen LogP contribution is 2.25. The average Bonchev–Trinajstić information content (AvgIpc) is 2.96. The maximum Gasteiger partial charge on any atom is 0.324 e. The molecule has 0 saturated heterocycles. The van der Waals surface area contributed by atoms with Crippen LogP contribution >= 0.6 is 0 Å². The van der Waals surface area contributed by atoms with Gasteiger partial charge in [0.15, 0.2) is 0 Å². The largest absolute Gasteiger partial charge is 0.480 e. The van der Waals surface area contributed by atoms with Gasteiger partial charge in [0.1, 0.15) is 5.54 Å². The fourth-order valence-electron chi connectivity index (χ4n) is 2.57. The van der Waals surface area contributed by atoms with E-state index >= 15 is 0 Å². The van der Waals surface area contributed by atoms with E-state index < -0.39 is 11.5 Å². The summed E-state index contributed by atoms with van der Waals surface area (Å²) < 4.78 is 0. The molecule has 0 aliphatic heterocycles. The van der Waals surface area contributed by atoms with Crippen LogP contribution in [0, 0.1) is 0 Å². The maximum absolute atomic E-state index is 11.5. The number of para-hydroxylation sites is 1. The summed E-state index contributed by atoms with van der Waals surface area (Å²) in [5, 5.41) is 10.5. The van der Waals surface area contributed by atoms with E-state index in [0.29, 0.717) is 6.42 Å². The Kier molecular flexibility index (Phi) is 10.4. The maximum atomic E-state index is 11.5. The molecule has 1 aromatic carbocycles. The van der Waals surface area contributed by atoms with E-state index in [1.54, 1.807) is 25.9 Å². The Bertz CT molecular complexity index is 635. The van der Waals surface area contributed by atoms with E-state index in [-0.39, 0.29) is 11.0 Å². The molecule has 4 nitrogen and oxygen atoms in total. The van der Waals surface area contributed by atoms with Crippen LogP contribution in [0.2, 0.25) is 0 Å². The third-order valence-electron chi connectivity index (χ3n) is 4.61. The third kappa shape index (κ3) is 6.33. The lowest BCUT2D eigenvalue weighted by atomic mass is 9.91. The van der Waals surface area contributed by atoms with Gasteiger partial charge in [-0.15, -0.1) is 0 Å². The summed E-state index contributed by atoms with van der Waals surface area (Å²) in [6.45, 7) is 6.21. The molecule has 142 valence electrons. The third-order valence-corrected chi connectivity index (χ3v) is 4.61. The second kappa shape index (κ2) is 11.1. The summed E-state index contributed by atoms with van der Waals surface area (Å²) in [4.78, 5) is 16.4. The number of rotatable bonds is 7. The van der Waals surface area contributed by atoms with E-state index in [1.807, 2.05) is 30.5 Å². The molecule has 5 heteroatoms. The molecule has 0 radical (unpaired) electrons. The van der Waals surface area contributed by atoms with Crippen LogP contribution in [0.1, 0.15) is 52.0 Å². The number of carboxylic acid groups (broad SMARTS) is 1. The molecule has 2 aromatic rings. The van der Waals surface area contributed by atoms with Crippen molar-refractivity contribution in [3.05, 3.63) is 36.0 Å². The second-order valence-corrected chi connectivity index (χ2v) is 6.72. The normalized spacial score (nSPS) is 12.9. The Balaban J connectivity index is 0.000000715. The number of benzene rings is 1. The standard InChI is InChI=1S/C14H18N2O2.C6H14.H4Si/c1-14(13(17)18,16(2)3)8-10-9-15-12-7-5-4-6-11(10)12;1-3-5-6-4-2;/h4-7,9,15H,8H2,1-3H3,(H,17,18);3-6H2,1-2H3;1H4. The lowest BCUT2D eigenvalue weighted by molar-refractivity contribution is -0.148. The molecule has 0 aliphatic carbocycles. The van der Waals surface area contributed by atoms with Crippen LogP contribution in [-0.4, -0.2) is 51.6 Å². The highest BCUT2D eigenvalue weighted by Gasteiger charge is 2.36. The van der Waals surface area contributed by atoms with Crippen molar-refractivity contribution in [2.75, 3.05) is 14.1 Å². The van der Waals surface area contributed by atoms with Crippen molar-refractivity contribution < 1.29 is 9.90 Å². The monoisotopic (exact) mass is 364 g/mol. The fraction of sp³-hybridized carbons (Fsp3) is 0.550. The summed E-state index contributed by atoms with van der Waals surface area (Å²) in [6.07, 6.45) is 7.91. The van der Waals surface area contributed by atoms with Gasteiger partial charge in [-0.3, -0.25) is 9.69 Å². The molecule has 2 N–H and O–H groups in total. The first kappa shape index (κ1) is 23.4. The van der Waals surface area contributed by atoms with Crippen molar-refractivity contribution in [1.82, 2.24) is 9.88 Å². The number of fused-ring (bicyclic) bond motifs is 1. The van der Waals surface area contributed by atoms with Crippen LogP contribution < -0.4 is 0 Å². The van der Waals surface area contributed by atoms with E-state index in [2.05, 4.69) is 18.8 Å². The van der Waals surface area contributed by atoms with Gasteiger partial charge in [0.05, 0.1) is 0 Å². The fourth-order valence-corrected chi connectivity index (χ4v) is 2.57. The molecule has 1 unspecified atom stereocenters. The molecule has 25 heavy (non-hydrogen) atoms. The van der Waals surface area contributed by atoms with Gasteiger partial charge in [-0.05, 0) is 43.6 Å². The number of likely N-dealkylation sites (N-methyl/N-ethyl adjacent to an activating group) is 1. The number of carboxylic acids is 1. The van der Waals surface area contributed by atoms with Gasteiger partial charge in [-0.25, -0.2) is 0 Å². The molecule has 1 heterocycles. The number of unbranched alkanes of at least 4 members (excludes halogenated alkanes) is 3. The minimum atomic E-state index is -0.898. The van der Waals surface area contributed by atoms with Crippen molar-refractivity contribution in [2.24, 2.45) is 0 Å². The zero-order chi connectivity index (χ0) is 18.2. The summed E-state index contributed by atoms with van der Waals surface area (Å²) in [5.41, 5.74) is 1.17. The average molecular weight is 365 g/mol. The summed E-state index contributed by atoms with van der Waals surface area (Å²) in [6, 6.07) is 7.93. The molecule has 0 spiro atoms. The van der Waals surface area contributed by atoms with Crippen LogP contribution in [0.25, 0.3) is 10.9 Å². The first-order valence-electron chi connectivity index (χ1n) is 8.82. The zero-order valence-corrected chi connectivity index (χ0v) is 15.7. The molecule has 1 aromatic heterocycles. The van der Waals surface area contributed by atoms with Crippen LogP contribution in [0.3, 0.4) is 0 Å².